The third kappa shape index (κ3) is 3.42. The molecule has 0 heterocycles. The molecule has 5 heteroatoms. The Bertz CT molecular complexity index is 308. The molecule has 83 valence electrons. The van der Waals surface area contributed by atoms with Crippen molar-refractivity contribution in [2.75, 3.05) is 6.61 Å². The fourth-order valence-corrected chi connectivity index (χ4v) is 0.828. The molecule has 0 aliphatic heterocycles. The van der Waals surface area contributed by atoms with Gasteiger partial charge in [0.25, 0.3) is 0 Å². The minimum atomic E-state index is -4.12. The molecule has 0 atom stereocenters. The first kappa shape index (κ1) is 11.8. The van der Waals surface area contributed by atoms with Gasteiger partial charge < -0.3 is 4.74 Å². The van der Waals surface area contributed by atoms with E-state index in [4.69, 9.17) is 0 Å². The first-order chi connectivity index (χ1) is 6.92. The highest BCUT2D eigenvalue weighted by atomic mass is 19.3. The van der Waals surface area contributed by atoms with Crippen LogP contribution in [-0.2, 0) is 0 Å². The first-order valence-electron chi connectivity index (χ1n) is 4.12. The third-order valence-corrected chi connectivity index (χ3v) is 1.67. The molecule has 0 fully saturated rings. The molecule has 0 aliphatic carbocycles. The fourth-order valence-electron chi connectivity index (χ4n) is 0.828. The molecule has 0 bridgehead atoms. The van der Waals surface area contributed by atoms with Gasteiger partial charge in [-0.3, -0.25) is 0 Å². The molecule has 15 heavy (non-hydrogen) atoms. The standard InChI is InChI=1S/C10H9F4O/c1-7-2-4-8(5-3-7)15-6-10(13,14)9(11)12/h2-5,9H,1,6H2. The van der Waals surface area contributed by atoms with Crippen molar-refractivity contribution in [3.8, 4) is 5.75 Å². The van der Waals surface area contributed by atoms with E-state index in [1.54, 1.807) is 0 Å². The molecule has 0 aliphatic rings. The van der Waals surface area contributed by atoms with Crippen molar-refractivity contribution in [3.05, 3.63) is 36.8 Å². The molecule has 0 saturated carbocycles. The Balaban J connectivity index is 2.54. The first-order valence-corrected chi connectivity index (χ1v) is 4.12. The van der Waals surface area contributed by atoms with Crippen LogP contribution in [0.15, 0.2) is 24.3 Å². The second-order valence-corrected chi connectivity index (χ2v) is 2.99. The number of halogens is 4. The van der Waals surface area contributed by atoms with Crippen LogP contribution in [-0.4, -0.2) is 19.0 Å². The molecular formula is C10H9F4O. The lowest BCUT2D eigenvalue weighted by atomic mass is 10.2. The normalized spacial score (nSPS) is 11.9. The predicted molar refractivity (Wildman–Crippen MR) is 47.3 cm³/mol. The van der Waals surface area contributed by atoms with Crippen LogP contribution in [0.4, 0.5) is 17.6 Å². The van der Waals surface area contributed by atoms with Crippen LogP contribution in [0.3, 0.4) is 0 Å². The van der Waals surface area contributed by atoms with Crippen molar-refractivity contribution in [2.24, 2.45) is 0 Å². The van der Waals surface area contributed by atoms with Crippen molar-refractivity contribution < 1.29 is 22.3 Å². The van der Waals surface area contributed by atoms with Crippen LogP contribution >= 0.6 is 0 Å². The van der Waals surface area contributed by atoms with Gasteiger partial charge in [-0.05, 0) is 24.6 Å². The van der Waals surface area contributed by atoms with E-state index in [-0.39, 0.29) is 5.75 Å². The number of benzene rings is 1. The Labute approximate surface area is 84.7 Å². The van der Waals surface area contributed by atoms with E-state index in [9.17, 15) is 17.6 Å². The maximum atomic E-state index is 12.4. The molecule has 0 amide bonds. The zero-order chi connectivity index (χ0) is 11.5. The average Bonchev–Trinajstić information content (AvgIpc) is 2.17. The van der Waals surface area contributed by atoms with Gasteiger partial charge in [0.2, 0.25) is 0 Å². The number of rotatable bonds is 4. The Morgan fingerprint density at radius 3 is 2.20 bits per heavy atom. The number of ether oxygens (including phenoxy) is 1. The number of alkyl halides is 4. The van der Waals surface area contributed by atoms with E-state index < -0.39 is 19.0 Å². The molecule has 0 saturated heterocycles. The zero-order valence-electron chi connectivity index (χ0n) is 7.72. The molecule has 0 aromatic heterocycles. The van der Waals surface area contributed by atoms with Crippen molar-refractivity contribution in [2.45, 2.75) is 12.3 Å². The summed E-state index contributed by atoms with van der Waals surface area (Å²) < 4.78 is 52.9. The maximum absolute atomic E-state index is 12.4. The lowest BCUT2D eigenvalue weighted by Crippen LogP contribution is -2.33. The summed E-state index contributed by atoms with van der Waals surface area (Å²) in [5.41, 5.74) is 0.683. The van der Waals surface area contributed by atoms with Crippen molar-refractivity contribution in [1.82, 2.24) is 0 Å². The van der Waals surface area contributed by atoms with Gasteiger partial charge in [-0.15, -0.1) is 0 Å². The summed E-state index contributed by atoms with van der Waals surface area (Å²) in [6.07, 6.45) is -3.72. The van der Waals surface area contributed by atoms with E-state index >= 15 is 0 Å². The van der Waals surface area contributed by atoms with Gasteiger partial charge in [0, 0.05) is 0 Å². The summed E-state index contributed by atoms with van der Waals surface area (Å²) in [7, 11) is 0. The topological polar surface area (TPSA) is 9.23 Å². The van der Waals surface area contributed by atoms with Crippen molar-refractivity contribution in [1.29, 1.82) is 0 Å². The van der Waals surface area contributed by atoms with Gasteiger partial charge in [0.05, 0.1) is 0 Å². The summed E-state index contributed by atoms with van der Waals surface area (Å²) in [4.78, 5) is 0. The SMILES string of the molecule is [CH2]c1ccc(OCC(F)(F)C(F)F)cc1. The quantitative estimate of drug-likeness (QED) is 0.709. The largest absolute Gasteiger partial charge is 0.487 e. The summed E-state index contributed by atoms with van der Waals surface area (Å²) in [5.74, 6) is -4.01. The van der Waals surface area contributed by atoms with E-state index in [0.717, 1.165) is 0 Å². The average molecular weight is 221 g/mol. The van der Waals surface area contributed by atoms with Crippen molar-refractivity contribution in [3.63, 3.8) is 0 Å². The Hall–Kier alpha value is -1.26. The van der Waals surface area contributed by atoms with Crippen LogP contribution in [0.25, 0.3) is 0 Å². The lowest BCUT2D eigenvalue weighted by Gasteiger charge is -2.15. The van der Waals surface area contributed by atoms with E-state index in [1.807, 2.05) is 0 Å². The molecule has 0 spiro atoms. The van der Waals surface area contributed by atoms with Crippen LogP contribution in [0.5, 0.6) is 5.75 Å². The summed E-state index contributed by atoms with van der Waals surface area (Å²) in [6.45, 7) is 2.24. The van der Waals surface area contributed by atoms with Gasteiger partial charge >= 0.3 is 12.3 Å². The second-order valence-electron chi connectivity index (χ2n) is 2.99. The molecule has 1 nitrogen and oxygen atoms in total. The van der Waals surface area contributed by atoms with Gasteiger partial charge in [0.1, 0.15) is 5.75 Å². The summed E-state index contributed by atoms with van der Waals surface area (Å²) in [6, 6.07) is 5.86. The Morgan fingerprint density at radius 2 is 1.73 bits per heavy atom. The fraction of sp³-hybridized carbons (Fsp3) is 0.300. The van der Waals surface area contributed by atoms with Crippen LogP contribution in [0, 0.1) is 6.92 Å². The van der Waals surface area contributed by atoms with Gasteiger partial charge in [-0.25, -0.2) is 8.78 Å². The molecule has 0 unspecified atom stereocenters. The molecule has 1 rings (SSSR count). The summed E-state index contributed by atoms with van der Waals surface area (Å²) >= 11 is 0. The van der Waals surface area contributed by atoms with Gasteiger partial charge in [-0.2, -0.15) is 8.78 Å². The van der Waals surface area contributed by atoms with Gasteiger partial charge in [-0.1, -0.05) is 12.1 Å². The van der Waals surface area contributed by atoms with Crippen LogP contribution < -0.4 is 4.74 Å². The molecule has 1 radical (unpaired) electrons. The summed E-state index contributed by atoms with van der Waals surface area (Å²) in [5, 5.41) is 0. The zero-order valence-corrected chi connectivity index (χ0v) is 7.72. The predicted octanol–water partition coefficient (Wildman–Crippen LogP) is 3.15. The van der Waals surface area contributed by atoms with Crippen LogP contribution in [0.2, 0.25) is 0 Å². The lowest BCUT2D eigenvalue weighted by molar-refractivity contribution is -0.148. The monoisotopic (exact) mass is 221 g/mol. The number of hydrogen-bond donors (Lipinski definition) is 0. The highest BCUT2D eigenvalue weighted by Crippen LogP contribution is 2.24. The van der Waals surface area contributed by atoms with Crippen LogP contribution in [0.1, 0.15) is 5.56 Å². The minimum absolute atomic E-state index is 0.114. The van der Waals surface area contributed by atoms with Crippen molar-refractivity contribution >= 4 is 0 Å². The Kier molecular flexibility index (Phi) is 3.55. The minimum Gasteiger partial charge on any atom is -0.487 e. The molecule has 0 N–H and O–H groups in total. The second kappa shape index (κ2) is 4.51. The van der Waals surface area contributed by atoms with E-state index in [0.29, 0.717) is 5.56 Å². The number of hydrogen-bond acceptors (Lipinski definition) is 1. The van der Waals surface area contributed by atoms with Gasteiger partial charge in [0.15, 0.2) is 6.61 Å². The maximum Gasteiger partial charge on any atom is 0.340 e. The van der Waals surface area contributed by atoms with E-state index in [2.05, 4.69) is 11.7 Å². The third-order valence-electron chi connectivity index (χ3n) is 1.67. The highest BCUT2D eigenvalue weighted by Gasteiger charge is 2.41. The Morgan fingerprint density at radius 1 is 1.20 bits per heavy atom. The highest BCUT2D eigenvalue weighted by molar-refractivity contribution is 5.28. The molecule has 1 aromatic carbocycles. The molecular weight excluding hydrogens is 212 g/mol. The van der Waals surface area contributed by atoms with E-state index in [1.165, 1.54) is 24.3 Å². The molecule has 1 aromatic rings. The smallest absolute Gasteiger partial charge is 0.340 e.